The lowest BCUT2D eigenvalue weighted by molar-refractivity contribution is 0.282. The average Bonchev–Trinajstić information content (AvgIpc) is 2.86. The number of nitrogens with zero attached hydrogens (tertiary/aromatic N) is 1. The fourth-order valence-corrected chi connectivity index (χ4v) is 4.85. The second-order valence-electron chi connectivity index (χ2n) is 3.27. The molecule has 5 nitrogen and oxygen atoms in total. The molecule has 0 amide bonds. The third-order valence-corrected chi connectivity index (χ3v) is 5.66. The highest BCUT2D eigenvalue weighted by Crippen LogP contribution is 2.28. The van der Waals surface area contributed by atoms with Gasteiger partial charge in [-0.3, -0.25) is 4.72 Å². The molecule has 0 aromatic carbocycles. The Bertz CT molecular complexity index is 601. The fraction of sp³-hybridized carbons (Fsp3) is 0.222. The minimum absolute atomic E-state index is 0.153. The number of aryl methyl sites for hydroxylation is 1. The molecule has 0 fully saturated rings. The zero-order chi connectivity index (χ0) is 12.5. The Hall–Kier alpha value is -0.960. The van der Waals surface area contributed by atoms with Crippen LogP contribution in [0, 0.1) is 6.92 Å². The molecule has 0 aliphatic carbocycles. The number of thiophene rings is 1. The summed E-state index contributed by atoms with van der Waals surface area (Å²) in [7, 11) is -3.66. The Balaban J connectivity index is 2.41. The molecule has 17 heavy (non-hydrogen) atoms. The molecule has 0 aliphatic rings. The molecular weight excluding hydrogens is 280 g/mol. The normalized spacial score (nSPS) is 11.6. The summed E-state index contributed by atoms with van der Waals surface area (Å²) in [6.45, 7) is 1.42. The van der Waals surface area contributed by atoms with Crippen LogP contribution in [0.5, 0.6) is 0 Å². The molecule has 8 heteroatoms. The topological polar surface area (TPSA) is 79.3 Å². The van der Waals surface area contributed by atoms with Crippen molar-refractivity contribution in [1.29, 1.82) is 0 Å². The van der Waals surface area contributed by atoms with Gasteiger partial charge in [-0.1, -0.05) is 0 Å². The van der Waals surface area contributed by atoms with E-state index in [0.29, 0.717) is 15.6 Å². The van der Waals surface area contributed by atoms with Gasteiger partial charge in [0.2, 0.25) is 0 Å². The first kappa shape index (κ1) is 12.5. The third kappa shape index (κ3) is 2.49. The van der Waals surface area contributed by atoms with Gasteiger partial charge in [-0.2, -0.15) is 0 Å². The van der Waals surface area contributed by atoms with Crippen molar-refractivity contribution in [3.05, 3.63) is 27.4 Å². The zero-order valence-corrected chi connectivity index (χ0v) is 11.3. The maximum absolute atomic E-state index is 12.1. The number of thiazole rings is 1. The van der Waals surface area contributed by atoms with Crippen LogP contribution in [0.3, 0.4) is 0 Å². The van der Waals surface area contributed by atoms with Crippen molar-refractivity contribution in [3.63, 3.8) is 0 Å². The summed E-state index contributed by atoms with van der Waals surface area (Å²) in [5.74, 6) is 0. The molecule has 92 valence electrons. The van der Waals surface area contributed by atoms with Gasteiger partial charge in [0.25, 0.3) is 10.0 Å². The van der Waals surface area contributed by atoms with Gasteiger partial charge in [-0.15, -0.1) is 22.7 Å². The molecule has 2 aromatic heterocycles. The van der Waals surface area contributed by atoms with Gasteiger partial charge < -0.3 is 5.11 Å². The third-order valence-electron chi connectivity index (χ3n) is 2.06. The SMILES string of the molecule is Cc1csc(CO)c1S(=O)(=O)Nc1nccs1. The number of sulfonamides is 1. The van der Waals surface area contributed by atoms with E-state index in [1.807, 2.05) is 0 Å². The van der Waals surface area contributed by atoms with E-state index in [1.54, 1.807) is 17.7 Å². The van der Waals surface area contributed by atoms with Gasteiger partial charge in [-0.05, 0) is 17.9 Å². The van der Waals surface area contributed by atoms with E-state index in [0.717, 1.165) is 0 Å². The monoisotopic (exact) mass is 290 g/mol. The van der Waals surface area contributed by atoms with E-state index in [-0.39, 0.29) is 11.5 Å². The lowest BCUT2D eigenvalue weighted by Gasteiger charge is -2.06. The smallest absolute Gasteiger partial charge is 0.265 e. The molecule has 0 aliphatic heterocycles. The Kier molecular flexibility index (Phi) is 3.48. The predicted octanol–water partition coefficient (Wildman–Crippen LogP) is 1.81. The van der Waals surface area contributed by atoms with Crippen LogP contribution in [0.25, 0.3) is 0 Å². The Morgan fingerprint density at radius 2 is 2.24 bits per heavy atom. The van der Waals surface area contributed by atoms with Crippen molar-refractivity contribution in [2.75, 3.05) is 4.72 Å². The lowest BCUT2D eigenvalue weighted by Crippen LogP contribution is -2.14. The van der Waals surface area contributed by atoms with E-state index < -0.39 is 10.0 Å². The van der Waals surface area contributed by atoms with Crippen molar-refractivity contribution in [3.8, 4) is 0 Å². The molecule has 2 N–H and O–H groups in total. The van der Waals surface area contributed by atoms with E-state index in [1.165, 1.54) is 28.9 Å². The first-order valence-electron chi connectivity index (χ1n) is 4.64. The summed E-state index contributed by atoms with van der Waals surface area (Å²) in [4.78, 5) is 4.46. The van der Waals surface area contributed by atoms with Crippen LogP contribution < -0.4 is 4.72 Å². The maximum Gasteiger partial charge on any atom is 0.265 e. The number of aromatic nitrogens is 1. The van der Waals surface area contributed by atoms with Gasteiger partial charge in [0.15, 0.2) is 5.13 Å². The largest absolute Gasteiger partial charge is 0.391 e. The van der Waals surface area contributed by atoms with Crippen molar-refractivity contribution in [1.82, 2.24) is 4.98 Å². The summed E-state index contributed by atoms with van der Waals surface area (Å²) in [5.41, 5.74) is 0.628. The quantitative estimate of drug-likeness (QED) is 0.900. The molecule has 0 spiro atoms. The van der Waals surface area contributed by atoms with Crippen LogP contribution in [0.4, 0.5) is 5.13 Å². The van der Waals surface area contributed by atoms with Gasteiger partial charge in [0.1, 0.15) is 4.90 Å². The van der Waals surface area contributed by atoms with Crippen LogP contribution in [0.2, 0.25) is 0 Å². The van der Waals surface area contributed by atoms with Crippen molar-refractivity contribution >= 4 is 37.8 Å². The summed E-state index contributed by atoms with van der Waals surface area (Å²) >= 11 is 2.44. The second kappa shape index (κ2) is 4.73. The summed E-state index contributed by atoms with van der Waals surface area (Å²) in [5, 5.41) is 12.8. The molecule has 0 atom stereocenters. The Labute approximate surface area is 107 Å². The van der Waals surface area contributed by atoms with Crippen molar-refractivity contribution in [2.24, 2.45) is 0 Å². The average molecular weight is 290 g/mol. The number of hydrogen-bond acceptors (Lipinski definition) is 6. The Morgan fingerprint density at radius 1 is 1.47 bits per heavy atom. The van der Waals surface area contributed by atoms with Crippen LogP contribution in [-0.4, -0.2) is 18.5 Å². The van der Waals surface area contributed by atoms with Gasteiger partial charge in [0.05, 0.1) is 11.5 Å². The van der Waals surface area contributed by atoms with Crippen LogP contribution in [0.15, 0.2) is 21.9 Å². The number of aliphatic hydroxyl groups excluding tert-OH is 1. The highest BCUT2D eigenvalue weighted by atomic mass is 32.2. The van der Waals surface area contributed by atoms with Crippen LogP contribution in [-0.2, 0) is 16.6 Å². The van der Waals surface area contributed by atoms with Crippen molar-refractivity contribution in [2.45, 2.75) is 18.4 Å². The zero-order valence-electron chi connectivity index (χ0n) is 8.87. The van der Waals surface area contributed by atoms with E-state index in [2.05, 4.69) is 9.71 Å². The van der Waals surface area contributed by atoms with Gasteiger partial charge >= 0.3 is 0 Å². The van der Waals surface area contributed by atoms with Gasteiger partial charge in [-0.25, -0.2) is 13.4 Å². The number of rotatable bonds is 4. The molecular formula is C9H10N2O3S3. The van der Waals surface area contributed by atoms with E-state index >= 15 is 0 Å². The summed E-state index contributed by atoms with van der Waals surface area (Å²) < 4.78 is 26.6. The van der Waals surface area contributed by atoms with E-state index in [9.17, 15) is 8.42 Å². The number of nitrogens with one attached hydrogen (secondary N) is 1. The van der Waals surface area contributed by atoms with E-state index in [4.69, 9.17) is 5.11 Å². The molecule has 2 aromatic rings. The molecule has 0 radical (unpaired) electrons. The molecule has 0 saturated heterocycles. The molecule has 2 rings (SSSR count). The summed E-state index contributed by atoms with van der Waals surface area (Å²) in [6.07, 6.45) is 1.52. The minimum atomic E-state index is -3.66. The molecule has 0 unspecified atom stereocenters. The standard InChI is InChI=1S/C9H10N2O3S3/c1-6-5-16-7(4-12)8(6)17(13,14)11-9-10-2-3-15-9/h2-3,5,12H,4H2,1H3,(H,10,11). The first-order chi connectivity index (χ1) is 8.04. The van der Waals surface area contributed by atoms with Crippen molar-refractivity contribution < 1.29 is 13.5 Å². The first-order valence-corrected chi connectivity index (χ1v) is 7.89. The highest BCUT2D eigenvalue weighted by molar-refractivity contribution is 7.93. The molecule has 2 heterocycles. The number of aliphatic hydroxyl groups is 1. The minimum Gasteiger partial charge on any atom is -0.391 e. The number of hydrogen-bond donors (Lipinski definition) is 2. The summed E-state index contributed by atoms with van der Waals surface area (Å²) in [6, 6.07) is 0. The maximum atomic E-state index is 12.1. The molecule has 0 saturated carbocycles. The fourth-order valence-electron chi connectivity index (χ4n) is 1.40. The predicted molar refractivity (Wildman–Crippen MR) is 67.9 cm³/mol. The van der Waals surface area contributed by atoms with Gasteiger partial charge in [0, 0.05) is 11.6 Å². The number of anilines is 1. The molecule has 0 bridgehead atoms. The van der Waals surface area contributed by atoms with Crippen LogP contribution in [0.1, 0.15) is 10.4 Å². The lowest BCUT2D eigenvalue weighted by atomic mass is 10.3. The van der Waals surface area contributed by atoms with Crippen LogP contribution >= 0.6 is 22.7 Å². The second-order valence-corrected chi connectivity index (χ2v) is 6.75. The Morgan fingerprint density at radius 3 is 2.82 bits per heavy atom. The highest BCUT2D eigenvalue weighted by Gasteiger charge is 2.23.